The average molecular weight is 239 g/mol. The van der Waals surface area contributed by atoms with Crippen LogP contribution in [0.2, 0.25) is 0 Å². The fourth-order valence-electron chi connectivity index (χ4n) is 1.19. The molecule has 1 aliphatic carbocycles. The van der Waals surface area contributed by atoms with Crippen molar-refractivity contribution in [1.29, 1.82) is 5.41 Å². The van der Waals surface area contributed by atoms with Crippen LogP contribution < -0.4 is 11.1 Å². The maximum atomic E-state index is 8.74. The third kappa shape index (κ3) is 13.1. The molecule has 90 valence electrons. The first-order chi connectivity index (χ1) is 6.79. The van der Waals surface area contributed by atoms with Crippen molar-refractivity contribution in [3.05, 3.63) is 0 Å². The zero-order chi connectivity index (χ0) is 11.9. The van der Waals surface area contributed by atoms with E-state index in [-0.39, 0.29) is 5.96 Å². The highest BCUT2D eigenvalue weighted by Gasteiger charge is 2.16. The van der Waals surface area contributed by atoms with Crippen molar-refractivity contribution in [1.82, 2.24) is 5.32 Å². The summed E-state index contributed by atoms with van der Waals surface area (Å²) in [6.45, 7) is 0.875. The van der Waals surface area contributed by atoms with Crippen LogP contribution in [0.15, 0.2) is 0 Å². The van der Waals surface area contributed by atoms with Gasteiger partial charge in [-0.05, 0) is 12.3 Å². The quantitative estimate of drug-likeness (QED) is 0.267. The van der Waals surface area contributed by atoms with Crippen molar-refractivity contribution in [2.75, 3.05) is 6.54 Å². The summed E-state index contributed by atoms with van der Waals surface area (Å²) in [6, 6.07) is 0. The molecule has 0 aromatic rings. The Balaban J connectivity index is 0.000000336. The van der Waals surface area contributed by atoms with Crippen LogP contribution in [-0.4, -0.2) is 30.0 Å². The van der Waals surface area contributed by atoms with Crippen LogP contribution in [0.5, 0.6) is 0 Å². The van der Waals surface area contributed by atoms with Gasteiger partial charge in [-0.25, -0.2) is 0 Å². The van der Waals surface area contributed by atoms with E-state index in [9.17, 15) is 0 Å². The normalized spacial score (nSPS) is 15.9. The van der Waals surface area contributed by atoms with E-state index in [0.29, 0.717) is 0 Å². The van der Waals surface area contributed by atoms with Crippen LogP contribution in [0.25, 0.3) is 0 Å². The Morgan fingerprint density at radius 1 is 1.47 bits per heavy atom. The molecule has 1 aliphatic rings. The molecule has 1 saturated carbocycles. The summed E-state index contributed by atoms with van der Waals surface area (Å²) in [7, 11) is -4.67. The van der Waals surface area contributed by atoms with Gasteiger partial charge in [0.25, 0.3) is 0 Å². The summed E-state index contributed by atoms with van der Waals surface area (Å²) >= 11 is 0. The molecule has 6 N–H and O–H groups in total. The van der Waals surface area contributed by atoms with Crippen LogP contribution in [0, 0.1) is 11.3 Å². The molecule has 0 aliphatic heterocycles. The van der Waals surface area contributed by atoms with E-state index >= 15 is 0 Å². The van der Waals surface area contributed by atoms with E-state index in [4.69, 9.17) is 28.7 Å². The lowest BCUT2D eigenvalue weighted by atomic mass is 9.83. The highest BCUT2D eigenvalue weighted by molar-refractivity contribution is 7.79. The van der Waals surface area contributed by atoms with Crippen molar-refractivity contribution >= 4 is 16.4 Å². The SMILES string of the molecule is N=C(N)NCCC1CCC1.O=S(=O)(O)O. The molecular formula is C7H17N3O4S. The highest BCUT2D eigenvalue weighted by atomic mass is 32.3. The van der Waals surface area contributed by atoms with Crippen molar-refractivity contribution < 1.29 is 17.5 Å². The van der Waals surface area contributed by atoms with E-state index in [1.165, 1.54) is 25.7 Å². The molecular weight excluding hydrogens is 222 g/mol. The minimum Gasteiger partial charge on any atom is -0.370 e. The minimum absolute atomic E-state index is 0.0966. The second kappa shape index (κ2) is 6.59. The summed E-state index contributed by atoms with van der Waals surface area (Å²) < 4.78 is 31.6. The van der Waals surface area contributed by atoms with E-state index in [2.05, 4.69) is 5.32 Å². The molecule has 7 nitrogen and oxygen atoms in total. The minimum atomic E-state index is -4.67. The Morgan fingerprint density at radius 2 is 1.93 bits per heavy atom. The average Bonchev–Trinajstić information content (AvgIpc) is 1.90. The summed E-state index contributed by atoms with van der Waals surface area (Å²) in [5, 5.41) is 9.69. The first-order valence-electron chi connectivity index (χ1n) is 4.57. The Kier molecular flexibility index (Phi) is 6.21. The molecule has 0 spiro atoms. The largest absolute Gasteiger partial charge is 0.394 e. The van der Waals surface area contributed by atoms with Crippen LogP contribution in [0.4, 0.5) is 0 Å². The van der Waals surface area contributed by atoms with Crippen molar-refractivity contribution in [3.63, 3.8) is 0 Å². The van der Waals surface area contributed by atoms with Crippen molar-refractivity contribution in [2.24, 2.45) is 11.7 Å². The van der Waals surface area contributed by atoms with E-state index in [1.54, 1.807) is 0 Å². The molecule has 0 saturated heterocycles. The predicted molar refractivity (Wildman–Crippen MR) is 56.1 cm³/mol. The Bertz CT molecular complexity index is 279. The summed E-state index contributed by atoms with van der Waals surface area (Å²) in [5.41, 5.74) is 5.11. The van der Waals surface area contributed by atoms with Gasteiger partial charge < -0.3 is 11.1 Å². The standard InChI is InChI=1S/C7H15N3.H2O4S/c8-7(9)10-5-4-6-2-1-3-6;1-5(2,3)4/h6H,1-5H2,(H4,8,9,10);(H2,1,2,3,4). The smallest absolute Gasteiger partial charge is 0.370 e. The molecule has 0 heterocycles. The third-order valence-electron chi connectivity index (χ3n) is 2.09. The van der Waals surface area contributed by atoms with Gasteiger partial charge in [-0.2, -0.15) is 8.42 Å². The molecule has 1 fully saturated rings. The number of rotatable bonds is 3. The monoisotopic (exact) mass is 239 g/mol. The van der Waals surface area contributed by atoms with Gasteiger partial charge in [0.2, 0.25) is 0 Å². The van der Waals surface area contributed by atoms with Crippen molar-refractivity contribution in [3.8, 4) is 0 Å². The first-order valence-corrected chi connectivity index (χ1v) is 5.96. The summed E-state index contributed by atoms with van der Waals surface area (Å²) in [5.74, 6) is 1.01. The summed E-state index contributed by atoms with van der Waals surface area (Å²) in [4.78, 5) is 0. The Labute approximate surface area is 89.1 Å². The van der Waals surface area contributed by atoms with Gasteiger partial charge in [0, 0.05) is 6.54 Å². The molecule has 0 aromatic carbocycles. The maximum Gasteiger partial charge on any atom is 0.394 e. The Morgan fingerprint density at radius 3 is 2.20 bits per heavy atom. The number of guanidine groups is 1. The number of hydrogen-bond donors (Lipinski definition) is 5. The van der Waals surface area contributed by atoms with Crippen LogP contribution in [-0.2, 0) is 10.4 Å². The van der Waals surface area contributed by atoms with Crippen LogP contribution >= 0.6 is 0 Å². The summed E-state index contributed by atoms with van der Waals surface area (Å²) in [6.07, 6.45) is 5.32. The second-order valence-electron chi connectivity index (χ2n) is 3.37. The first kappa shape index (κ1) is 14.1. The maximum absolute atomic E-state index is 8.74. The van der Waals surface area contributed by atoms with Gasteiger partial charge in [0.05, 0.1) is 0 Å². The molecule has 0 amide bonds. The van der Waals surface area contributed by atoms with Crippen LogP contribution in [0.1, 0.15) is 25.7 Å². The Hall–Kier alpha value is -0.860. The van der Waals surface area contributed by atoms with E-state index in [1.807, 2.05) is 0 Å². The number of hydrogen-bond acceptors (Lipinski definition) is 3. The number of nitrogens with two attached hydrogens (primary N) is 1. The fourth-order valence-corrected chi connectivity index (χ4v) is 1.19. The number of nitrogens with one attached hydrogen (secondary N) is 2. The lowest BCUT2D eigenvalue weighted by molar-refractivity contribution is 0.297. The fraction of sp³-hybridized carbons (Fsp3) is 0.857. The van der Waals surface area contributed by atoms with Gasteiger partial charge in [-0.1, -0.05) is 19.3 Å². The van der Waals surface area contributed by atoms with Crippen molar-refractivity contribution in [2.45, 2.75) is 25.7 Å². The molecule has 0 unspecified atom stereocenters. The van der Waals surface area contributed by atoms with Gasteiger partial charge in [-0.15, -0.1) is 0 Å². The van der Waals surface area contributed by atoms with E-state index in [0.717, 1.165) is 12.5 Å². The molecule has 0 bridgehead atoms. The van der Waals surface area contributed by atoms with Crippen LogP contribution in [0.3, 0.4) is 0 Å². The zero-order valence-corrected chi connectivity index (χ0v) is 9.13. The lowest BCUT2D eigenvalue weighted by Gasteiger charge is -2.25. The molecule has 15 heavy (non-hydrogen) atoms. The lowest BCUT2D eigenvalue weighted by Crippen LogP contribution is -2.32. The topological polar surface area (TPSA) is 136 Å². The van der Waals surface area contributed by atoms with E-state index < -0.39 is 10.4 Å². The molecule has 1 rings (SSSR count). The third-order valence-corrected chi connectivity index (χ3v) is 2.09. The van der Waals surface area contributed by atoms with Gasteiger partial charge in [-0.3, -0.25) is 14.5 Å². The molecule has 0 atom stereocenters. The van der Waals surface area contributed by atoms with Gasteiger partial charge in [0.15, 0.2) is 5.96 Å². The van der Waals surface area contributed by atoms with Gasteiger partial charge in [0.1, 0.15) is 0 Å². The van der Waals surface area contributed by atoms with Gasteiger partial charge >= 0.3 is 10.4 Å². The predicted octanol–water partition coefficient (Wildman–Crippen LogP) is 0.00687. The molecule has 8 heteroatoms. The zero-order valence-electron chi connectivity index (χ0n) is 8.31. The molecule has 0 aromatic heterocycles. The second-order valence-corrected chi connectivity index (χ2v) is 4.27. The molecule has 0 radical (unpaired) electrons. The highest BCUT2D eigenvalue weighted by Crippen LogP contribution is 2.28.